The highest BCUT2D eigenvalue weighted by Crippen LogP contribution is 2.14. The molecule has 1 fully saturated rings. The molecule has 0 aromatic rings. The Morgan fingerprint density at radius 3 is 2.90 bits per heavy atom. The minimum absolute atomic E-state index is 0.237. The first-order valence-corrected chi connectivity index (χ1v) is 3.54. The number of aliphatic hydroxyl groups is 1. The first-order chi connectivity index (χ1) is 4.84. The normalized spacial score (nSPS) is 29.0. The number of nitriles is 1. The van der Waals surface area contributed by atoms with Gasteiger partial charge in [0.05, 0.1) is 12.2 Å². The van der Waals surface area contributed by atoms with Crippen LogP contribution in [0.1, 0.15) is 19.3 Å². The quantitative estimate of drug-likeness (QED) is 0.539. The fourth-order valence-corrected chi connectivity index (χ4v) is 1.10. The zero-order valence-corrected chi connectivity index (χ0v) is 5.79. The Hall–Kier alpha value is -0.590. The van der Waals surface area contributed by atoms with Gasteiger partial charge in [-0.05, 0) is 19.3 Å². The van der Waals surface area contributed by atoms with Gasteiger partial charge in [0.25, 0.3) is 0 Å². The summed E-state index contributed by atoms with van der Waals surface area (Å²) < 4.78 is 5.16. The summed E-state index contributed by atoms with van der Waals surface area (Å²) in [5.74, 6) is 0. The molecular formula is C7H11NO2. The third-order valence-corrected chi connectivity index (χ3v) is 1.70. The second kappa shape index (κ2) is 3.55. The van der Waals surface area contributed by atoms with E-state index in [0.29, 0.717) is 6.61 Å². The van der Waals surface area contributed by atoms with Gasteiger partial charge in [0.2, 0.25) is 0 Å². The third-order valence-electron chi connectivity index (χ3n) is 1.70. The van der Waals surface area contributed by atoms with Crippen LogP contribution >= 0.6 is 0 Å². The molecule has 0 bridgehead atoms. The maximum absolute atomic E-state index is 9.00. The molecule has 3 heteroatoms. The van der Waals surface area contributed by atoms with Crippen LogP contribution in [0, 0.1) is 11.3 Å². The van der Waals surface area contributed by atoms with Gasteiger partial charge in [-0.3, -0.25) is 0 Å². The molecule has 2 atom stereocenters. The standard InChI is InChI=1S/C7H11NO2/c8-5-6(9)7-3-1-2-4-10-7/h6-7,9H,1-4H2. The van der Waals surface area contributed by atoms with Crippen LogP contribution in [-0.4, -0.2) is 23.9 Å². The molecule has 0 aromatic heterocycles. The van der Waals surface area contributed by atoms with Crippen LogP contribution in [-0.2, 0) is 4.74 Å². The van der Waals surface area contributed by atoms with Gasteiger partial charge in [0, 0.05) is 6.61 Å². The average molecular weight is 141 g/mol. The zero-order valence-electron chi connectivity index (χ0n) is 5.79. The van der Waals surface area contributed by atoms with Crippen molar-refractivity contribution in [2.45, 2.75) is 31.5 Å². The Kier molecular flexibility index (Phi) is 2.67. The summed E-state index contributed by atoms with van der Waals surface area (Å²) in [6.07, 6.45) is 1.76. The molecule has 0 saturated carbocycles. The van der Waals surface area contributed by atoms with Crippen LogP contribution < -0.4 is 0 Å². The topological polar surface area (TPSA) is 53.2 Å². The van der Waals surface area contributed by atoms with Crippen molar-refractivity contribution >= 4 is 0 Å². The summed E-state index contributed by atoms with van der Waals surface area (Å²) in [7, 11) is 0. The number of ether oxygens (including phenoxy) is 1. The summed E-state index contributed by atoms with van der Waals surface area (Å²) in [6, 6.07) is 1.77. The summed E-state index contributed by atoms with van der Waals surface area (Å²) in [4.78, 5) is 0. The fourth-order valence-electron chi connectivity index (χ4n) is 1.10. The maximum Gasteiger partial charge on any atom is 0.166 e. The number of hydrogen-bond donors (Lipinski definition) is 1. The molecule has 0 radical (unpaired) electrons. The number of aliphatic hydroxyl groups excluding tert-OH is 1. The summed E-state index contributed by atoms with van der Waals surface area (Å²) in [6.45, 7) is 0.684. The van der Waals surface area contributed by atoms with Gasteiger partial charge in [-0.1, -0.05) is 0 Å². The van der Waals surface area contributed by atoms with E-state index in [1.807, 2.05) is 0 Å². The van der Waals surface area contributed by atoms with E-state index in [9.17, 15) is 0 Å². The molecule has 0 aromatic carbocycles. The van der Waals surface area contributed by atoms with Gasteiger partial charge < -0.3 is 9.84 Å². The van der Waals surface area contributed by atoms with Crippen molar-refractivity contribution in [2.75, 3.05) is 6.61 Å². The molecule has 2 unspecified atom stereocenters. The van der Waals surface area contributed by atoms with Crippen molar-refractivity contribution in [1.82, 2.24) is 0 Å². The van der Waals surface area contributed by atoms with Crippen LogP contribution in [0.25, 0.3) is 0 Å². The van der Waals surface area contributed by atoms with Crippen molar-refractivity contribution in [1.29, 1.82) is 5.26 Å². The summed E-state index contributed by atoms with van der Waals surface area (Å²) in [5.41, 5.74) is 0. The van der Waals surface area contributed by atoms with Gasteiger partial charge in [-0.15, -0.1) is 0 Å². The van der Waals surface area contributed by atoms with E-state index in [4.69, 9.17) is 15.1 Å². The van der Waals surface area contributed by atoms with E-state index in [-0.39, 0.29) is 6.10 Å². The molecule has 1 aliphatic heterocycles. The lowest BCUT2D eigenvalue weighted by Gasteiger charge is -2.22. The minimum atomic E-state index is -0.930. The van der Waals surface area contributed by atoms with Crippen LogP contribution in [0.3, 0.4) is 0 Å². The monoisotopic (exact) mass is 141 g/mol. The van der Waals surface area contributed by atoms with E-state index < -0.39 is 6.10 Å². The maximum atomic E-state index is 9.00. The van der Waals surface area contributed by atoms with Crippen molar-refractivity contribution in [3.63, 3.8) is 0 Å². The van der Waals surface area contributed by atoms with Crippen LogP contribution in [0.4, 0.5) is 0 Å². The fraction of sp³-hybridized carbons (Fsp3) is 0.857. The molecule has 0 amide bonds. The summed E-state index contributed by atoms with van der Waals surface area (Å²) >= 11 is 0. The van der Waals surface area contributed by atoms with Crippen molar-refractivity contribution < 1.29 is 9.84 Å². The highest BCUT2D eigenvalue weighted by atomic mass is 16.5. The zero-order chi connectivity index (χ0) is 7.40. The Labute approximate surface area is 60.2 Å². The predicted octanol–water partition coefficient (Wildman–Crippen LogP) is 0.440. The second-order valence-electron chi connectivity index (χ2n) is 2.48. The predicted molar refractivity (Wildman–Crippen MR) is 35.2 cm³/mol. The van der Waals surface area contributed by atoms with E-state index in [0.717, 1.165) is 19.3 Å². The Balaban J connectivity index is 2.33. The van der Waals surface area contributed by atoms with Crippen molar-refractivity contribution in [3.05, 3.63) is 0 Å². The molecule has 1 rings (SSSR count). The van der Waals surface area contributed by atoms with E-state index >= 15 is 0 Å². The summed E-state index contributed by atoms with van der Waals surface area (Å²) in [5, 5.41) is 17.3. The molecular weight excluding hydrogens is 130 g/mol. The lowest BCUT2D eigenvalue weighted by molar-refractivity contribution is -0.0414. The highest BCUT2D eigenvalue weighted by molar-refractivity contribution is 4.89. The Morgan fingerprint density at radius 2 is 2.40 bits per heavy atom. The molecule has 3 nitrogen and oxygen atoms in total. The van der Waals surface area contributed by atoms with Gasteiger partial charge >= 0.3 is 0 Å². The molecule has 56 valence electrons. The molecule has 1 aliphatic rings. The molecule has 1 N–H and O–H groups in total. The molecule has 0 aliphatic carbocycles. The van der Waals surface area contributed by atoms with Crippen LogP contribution in [0.2, 0.25) is 0 Å². The Morgan fingerprint density at radius 1 is 1.60 bits per heavy atom. The molecule has 0 spiro atoms. The van der Waals surface area contributed by atoms with E-state index in [2.05, 4.69) is 0 Å². The Bertz CT molecular complexity index is 135. The highest BCUT2D eigenvalue weighted by Gasteiger charge is 2.21. The van der Waals surface area contributed by atoms with Crippen LogP contribution in [0.5, 0.6) is 0 Å². The minimum Gasteiger partial charge on any atom is -0.375 e. The van der Waals surface area contributed by atoms with Crippen molar-refractivity contribution in [2.24, 2.45) is 0 Å². The third kappa shape index (κ3) is 1.69. The SMILES string of the molecule is N#CC(O)C1CCCCO1. The average Bonchev–Trinajstić information content (AvgIpc) is 2.05. The molecule has 10 heavy (non-hydrogen) atoms. The first kappa shape index (κ1) is 7.52. The number of nitrogens with zero attached hydrogens (tertiary/aromatic N) is 1. The van der Waals surface area contributed by atoms with E-state index in [1.54, 1.807) is 6.07 Å². The molecule has 1 saturated heterocycles. The number of hydrogen-bond acceptors (Lipinski definition) is 3. The largest absolute Gasteiger partial charge is 0.375 e. The smallest absolute Gasteiger partial charge is 0.166 e. The van der Waals surface area contributed by atoms with Gasteiger partial charge in [-0.2, -0.15) is 5.26 Å². The van der Waals surface area contributed by atoms with Gasteiger partial charge in [0.1, 0.15) is 0 Å². The lowest BCUT2D eigenvalue weighted by Crippen LogP contribution is -2.30. The van der Waals surface area contributed by atoms with Crippen LogP contribution in [0.15, 0.2) is 0 Å². The second-order valence-corrected chi connectivity index (χ2v) is 2.48. The molecule has 1 heterocycles. The van der Waals surface area contributed by atoms with Crippen molar-refractivity contribution in [3.8, 4) is 6.07 Å². The number of rotatable bonds is 1. The first-order valence-electron chi connectivity index (χ1n) is 3.54. The lowest BCUT2D eigenvalue weighted by atomic mass is 10.1. The van der Waals surface area contributed by atoms with Gasteiger partial charge in [-0.25, -0.2) is 0 Å². The van der Waals surface area contributed by atoms with Gasteiger partial charge in [0.15, 0.2) is 6.10 Å². The van der Waals surface area contributed by atoms with E-state index in [1.165, 1.54) is 0 Å².